The Balaban J connectivity index is 0.00000220. The first-order valence-corrected chi connectivity index (χ1v) is 7.02. The van der Waals surface area contributed by atoms with Gasteiger partial charge in [-0.1, -0.05) is 18.2 Å². The van der Waals surface area contributed by atoms with E-state index in [1.165, 1.54) is 0 Å². The SMILES string of the molecule is CN(C)CCN(C(=O)[C@H]1CNCCO1)c1ccccc1.Cl.Cl. The van der Waals surface area contributed by atoms with E-state index in [0.29, 0.717) is 19.7 Å². The van der Waals surface area contributed by atoms with Crippen LogP contribution in [0.4, 0.5) is 5.69 Å². The first-order chi connectivity index (χ1) is 9.68. The molecule has 1 aromatic rings. The average Bonchev–Trinajstić information content (AvgIpc) is 2.49. The van der Waals surface area contributed by atoms with Crippen molar-refractivity contribution in [3.8, 4) is 0 Å². The van der Waals surface area contributed by atoms with Crippen molar-refractivity contribution in [2.45, 2.75) is 6.10 Å². The zero-order valence-corrected chi connectivity index (χ0v) is 14.7. The van der Waals surface area contributed by atoms with E-state index in [1.54, 1.807) is 0 Å². The van der Waals surface area contributed by atoms with E-state index in [2.05, 4.69) is 10.2 Å². The molecule has 1 aromatic carbocycles. The van der Waals surface area contributed by atoms with E-state index in [9.17, 15) is 4.79 Å². The predicted octanol–water partition coefficient (Wildman–Crippen LogP) is 1.41. The maximum atomic E-state index is 12.7. The van der Waals surface area contributed by atoms with Gasteiger partial charge >= 0.3 is 0 Å². The van der Waals surface area contributed by atoms with Crippen LogP contribution in [0.3, 0.4) is 0 Å². The van der Waals surface area contributed by atoms with Crippen molar-refractivity contribution in [2.75, 3.05) is 51.8 Å². The molecule has 0 saturated carbocycles. The largest absolute Gasteiger partial charge is 0.366 e. The normalized spacial score (nSPS) is 17.3. The fourth-order valence-electron chi connectivity index (χ4n) is 2.17. The molecule has 1 aliphatic heterocycles. The summed E-state index contributed by atoms with van der Waals surface area (Å²) < 4.78 is 5.58. The zero-order valence-electron chi connectivity index (χ0n) is 13.0. The van der Waals surface area contributed by atoms with Gasteiger partial charge in [-0.25, -0.2) is 0 Å². The highest BCUT2D eigenvalue weighted by Gasteiger charge is 2.27. The standard InChI is InChI=1S/C15H23N3O2.2ClH/c1-17(2)9-10-18(13-6-4-3-5-7-13)15(19)14-12-16-8-11-20-14;;/h3-7,14,16H,8-12H2,1-2H3;2*1H/t14-;;/m1../s1. The van der Waals surface area contributed by atoms with Crippen LogP contribution in [-0.2, 0) is 9.53 Å². The molecule has 0 aliphatic carbocycles. The molecule has 7 heteroatoms. The van der Waals surface area contributed by atoms with Crippen molar-refractivity contribution in [1.82, 2.24) is 10.2 Å². The van der Waals surface area contributed by atoms with E-state index >= 15 is 0 Å². The second-order valence-electron chi connectivity index (χ2n) is 5.19. The average molecular weight is 350 g/mol. The molecule has 2 rings (SSSR count). The van der Waals surface area contributed by atoms with Crippen molar-refractivity contribution in [3.63, 3.8) is 0 Å². The minimum Gasteiger partial charge on any atom is -0.366 e. The van der Waals surface area contributed by atoms with Crippen molar-refractivity contribution in [1.29, 1.82) is 0 Å². The molecule has 0 bridgehead atoms. The first-order valence-electron chi connectivity index (χ1n) is 7.02. The third kappa shape index (κ3) is 6.10. The summed E-state index contributed by atoms with van der Waals surface area (Å²) in [5, 5.41) is 3.20. The Morgan fingerprint density at radius 3 is 2.45 bits per heavy atom. The molecule has 0 spiro atoms. The third-order valence-corrected chi connectivity index (χ3v) is 3.31. The minimum atomic E-state index is -0.383. The molecule has 1 saturated heterocycles. The smallest absolute Gasteiger partial charge is 0.257 e. The van der Waals surface area contributed by atoms with Crippen LogP contribution in [0.25, 0.3) is 0 Å². The molecule has 0 radical (unpaired) electrons. The Morgan fingerprint density at radius 1 is 1.23 bits per heavy atom. The van der Waals surface area contributed by atoms with Crippen LogP contribution in [0.2, 0.25) is 0 Å². The lowest BCUT2D eigenvalue weighted by Gasteiger charge is -2.30. The van der Waals surface area contributed by atoms with Gasteiger partial charge < -0.3 is 19.9 Å². The van der Waals surface area contributed by atoms with Gasteiger partial charge in [-0.3, -0.25) is 4.79 Å². The van der Waals surface area contributed by atoms with Crippen LogP contribution in [0, 0.1) is 0 Å². The summed E-state index contributed by atoms with van der Waals surface area (Å²) in [6.45, 7) is 3.47. The third-order valence-electron chi connectivity index (χ3n) is 3.31. The monoisotopic (exact) mass is 349 g/mol. The summed E-state index contributed by atoms with van der Waals surface area (Å²) >= 11 is 0. The van der Waals surface area contributed by atoms with Crippen molar-refractivity contribution >= 4 is 36.4 Å². The van der Waals surface area contributed by atoms with Gasteiger partial charge in [-0.05, 0) is 26.2 Å². The molecule has 1 N–H and O–H groups in total. The molecule has 1 amide bonds. The van der Waals surface area contributed by atoms with Gasteiger partial charge in [0.25, 0.3) is 5.91 Å². The number of amides is 1. The number of halogens is 2. The number of para-hydroxylation sites is 1. The predicted molar refractivity (Wildman–Crippen MR) is 94.5 cm³/mol. The van der Waals surface area contributed by atoms with Gasteiger partial charge in [0.2, 0.25) is 0 Å². The Hall–Kier alpha value is -0.850. The molecular formula is C15H25Cl2N3O2. The highest BCUT2D eigenvalue weighted by Crippen LogP contribution is 2.15. The van der Waals surface area contributed by atoms with Gasteiger partial charge in [0, 0.05) is 31.9 Å². The van der Waals surface area contributed by atoms with Gasteiger partial charge in [0.05, 0.1) is 6.61 Å². The van der Waals surface area contributed by atoms with Crippen molar-refractivity contribution in [2.24, 2.45) is 0 Å². The van der Waals surface area contributed by atoms with Gasteiger partial charge in [0.15, 0.2) is 0 Å². The van der Waals surface area contributed by atoms with E-state index in [1.807, 2.05) is 49.3 Å². The Kier molecular flexibility index (Phi) is 10.4. The number of anilines is 1. The Labute approximate surface area is 144 Å². The van der Waals surface area contributed by atoms with Crippen LogP contribution in [0.1, 0.15) is 0 Å². The number of nitrogens with one attached hydrogen (secondary N) is 1. The molecule has 1 atom stereocenters. The second-order valence-corrected chi connectivity index (χ2v) is 5.19. The van der Waals surface area contributed by atoms with Gasteiger partial charge in [-0.15, -0.1) is 24.8 Å². The number of morpholine rings is 1. The molecule has 5 nitrogen and oxygen atoms in total. The van der Waals surface area contributed by atoms with Crippen LogP contribution in [-0.4, -0.2) is 63.8 Å². The van der Waals surface area contributed by atoms with E-state index < -0.39 is 0 Å². The highest BCUT2D eigenvalue weighted by molar-refractivity contribution is 5.96. The Morgan fingerprint density at radius 2 is 1.91 bits per heavy atom. The summed E-state index contributed by atoms with van der Waals surface area (Å²) in [5.74, 6) is 0.0326. The number of rotatable bonds is 5. The lowest BCUT2D eigenvalue weighted by atomic mass is 10.2. The van der Waals surface area contributed by atoms with E-state index in [0.717, 1.165) is 18.8 Å². The molecule has 0 unspecified atom stereocenters. The maximum absolute atomic E-state index is 12.7. The minimum absolute atomic E-state index is 0. The van der Waals surface area contributed by atoms with E-state index in [4.69, 9.17) is 4.74 Å². The number of hydrogen-bond acceptors (Lipinski definition) is 4. The molecule has 1 aliphatic rings. The van der Waals surface area contributed by atoms with Gasteiger partial charge in [0.1, 0.15) is 6.10 Å². The Bertz CT molecular complexity index is 426. The lowest BCUT2D eigenvalue weighted by Crippen LogP contribution is -2.50. The fraction of sp³-hybridized carbons (Fsp3) is 0.533. The fourth-order valence-corrected chi connectivity index (χ4v) is 2.17. The number of likely N-dealkylation sites (N-methyl/N-ethyl adjacent to an activating group) is 1. The topological polar surface area (TPSA) is 44.8 Å². The molecular weight excluding hydrogens is 325 g/mol. The number of carbonyl (C=O) groups is 1. The maximum Gasteiger partial charge on any atom is 0.257 e. The second kappa shape index (κ2) is 10.8. The molecule has 126 valence electrons. The van der Waals surface area contributed by atoms with Crippen LogP contribution in [0.15, 0.2) is 30.3 Å². The summed E-state index contributed by atoms with van der Waals surface area (Å²) in [6, 6.07) is 9.78. The molecule has 0 aromatic heterocycles. The van der Waals surface area contributed by atoms with Crippen LogP contribution in [0.5, 0.6) is 0 Å². The number of nitrogens with zero attached hydrogens (tertiary/aromatic N) is 2. The molecule has 1 fully saturated rings. The highest BCUT2D eigenvalue weighted by atomic mass is 35.5. The van der Waals surface area contributed by atoms with Crippen molar-refractivity contribution < 1.29 is 9.53 Å². The number of benzene rings is 1. The number of ether oxygens (including phenoxy) is 1. The zero-order chi connectivity index (χ0) is 14.4. The summed E-state index contributed by atoms with van der Waals surface area (Å²) in [6.07, 6.45) is -0.383. The number of hydrogen-bond donors (Lipinski definition) is 1. The molecule has 1 heterocycles. The lowest BCUT2D eigenvalue weighted by molar-refractivity contribution is -0.131. The summed E-state index contributed by atoms with van der Waals surface area (Å²) in [4.78, 5) is 16.5. The quantitative estimate of drug-likeness (QED) is 0.872. The van der Waals surface area contributed by atoms with Crippen LogP contribution >= 0.6 is 24.8 Å². The summed E-state index contributed by atoms with van der Waals surface area (Å²) in [7, 11) is 4.01. The molecule has 22 heavy (non-hydrogen) atoms. The van der Waals surface area contributed by atoms with E-state index in [-0.39, 0.29) is 36.8 Å². The number of carbonyl (C=O) groups excluding carboxylic acids is 1. The first kappa shape index (κ1) is 21.1. The van der Waals surface area contributed by atoms with Crippen LogP contribution < -0.4 is 10.2 Å². The van der Waals surface area contributed by atoms with Gasteiger partial charge in [-0.2, -0.15) is 0 Å². The van der Waals surface area contributed by atoms with Crippen molar-refractivity contribution in [3.05, 3.63) is 30.3 Å². The summed E-state index contributed by atoms with van der Waals surface area (Å²) in [5.41, 5.74) is 0.925.